The highest BCUT2D eigenvalue weighted by Gasteiger charge is 2.10. The van der Waals surface area contributed by atoms with Crippen LogP contribution in [0.3, 0.4) is 0 Å². The Hall–Kier alpha value is -1.14. The molecule has 0 aliphatic carbocycles. The molecule has 20 heavy (non-hydrogen) atoms. The van der Waals surface area contributed by atoms with Gasteiger partial charge in [-0.15, -0.1) is 0 Å². The minimum absolute atomic E-state index is 0.736. The molecule has 2 aromatic rings. The molecule has 0 aliphatic rings. The highest BCUT2D eigenvalue weighted by atomic mass is 79.9. The molecule has 0 amide bonds. The van der Waals surface area contributed by atoms with Crippen molar-refractivity contribution in [2.45, 2.75) is 20.8 Å². The van der Waals surface area contributed by atoms with E-state index in [9.17, 15) is 0 Å². The summed E-state index contributed by atoms with van der Waals surface area (Å²) in [5.41, 5.74) is 1.97. The van der Waals surface area contributed by atoms with Crippen LogP contribution in [0, 0.1) is 13.8 Å². The Bertz CT molecular complexity index is 629. The zero-order chi connectivity index (χ0) is 14.7. The van der Waals surface area contributed by atoms with Gasteiger partial charge in [0.25, 0.3) is 0 Å². The number of aromatic nitrogens is 2. The molecule has 0 fully saturated rings. The van der Waals surface area contributed by atoms with E-state index in [0.29, 0.717) is 0 Å². The molecule has 6 heteroatoms. The number of anilines is 3. The van der Waals surface area contributed by atoms with Crippen LogP contribution >= 0.6 is 31.9 Å². The maximum absolute atomic E-state index is 4.48. The van der Waals surface area contributed by atoms with Crippen molar-refractivity contribution in [1.82, 2.24) is 9.97 Å². The number of nitrogens with one attached hydrogen (secondary N) is 2. The summed E-state index contributed by atoms with van der Waals surface area (Å²) >= 11 is 7.01. The Morgan fingerprint density at radius 3 is 2.50 bits per heavy atom. The van der Waals surface area contributed by atoms with Crippen LogP contribution in [-0.2, 0) is 0 Å². The Balaban J connectivity index is 2.40. The van der Waals surface area contributed by atoms with Crippen molar-refractivity contribution in [3.8, 4) is 0 Å². The molecule has 4 nitrogen and oxygen atoms in total. The standard InChI is InChI=1S/C14H16Br2N4/c1-4-17-13-8(2)14(19-9(3)18-13)20-12-7-10(15)5-6-11(12)16/h5-7H,4H2,1-3H3,(H2,17,18,19,20). The Morgan fingerprint density at radius 2 is 1.80 bits per heavy atom. The van der Waals surface area contributed by atoms with Gasteiger partial charge in [0.1, 0.15) is 17.5 Å². The van der Waals surface area contributed by atoms with Crippen LogP contribution in [0.15, 0.2) is 27.1 Å². The summed E-state index contributed by atoms with van der Waals surface area (Å²) in [7, 11) is 0. The van der Waals surface area contributed by atoms with Crippen molar-refractivity contribution in [2.24, 2.45) is 0 Å². The van der Waals surface area contributed by atoms with Crippen LogP contribution in [0.5, 0.6) is 0 Å². The lowest BCUT2D eigenvalue weighted by atomic mass is 10.2. The summed E-state index contributed by atoms with van der Waals surface area (Å²) in [5, 5.41) is 6.61. The molecule has 1 aromatic heterocycles. The smallest absolute Gasteiger partial charge is 0.139 e. The molecule has 0 atom stereocenters. The fourth-order valence-electron chi connectivity index (χ4n) is 1.81. The highest BCUT2D eigenvalue weighted by Crippen LogP contribution is 2.30. The summed E-state index contributed by atoms with van der Waals surface area (Å²) in [6, 6.07) is 5.98. The van der Waals surface area contributed by atoms with Gasteiger partial charge >= 0.3 is 0 Å². The lowest BCUT2D eigenvalue weighted by Crippen LogP contribution is -2.07. The van der Waals surface area contributed by atoms with E-state index in [4.69, 9.17) is 0 Å². The first-order valence-electron chi connectivity index (χ1n) is 6.32. The van der Waals surface area contributed by atoms with Gasteiger partial charge in [-0.25, -0.2) is 9.97 Å². The first-order valence-corrected chi connectivity index (χ1v) is 7.91. The van der Waals surface area contributed by atoms with Gasteiger partial charge in [-0.1, -0.05) is 15.9 Å². The highest BCUT2D eigenvalue weighted by molar-refractivity contribution is 9.11. The van der Waals surface area contributed by atoms with E-state index in [1.807, 2.05) is 32.0 Å². The summed E-state index contributed by atoms with van der Waals surface area (Å²) < 4.78 is 2.00. The van der Waals surface area contributed by atoms with Gasteiger partial charge in [-0.2, -0.15) is 0 Å². The molecule has 1 heterocycles. The number of rotatable bonds is 4. The van der Waals surface area contributed by atoms with Crippen molar-refractivity contribution in [1.29, 1.82) is 0 Å². The SMILES string of the molecule is CCNc1nc(C)nc(Nc2cc(Br)ccc2Br)c1C. The van der Waals surface area contributed by atoms with Gasteiger partial charge in [0.15, 0.2) is 0 Å². The number of benzene rings is 1. The molecule has 2 rings (SSSR count). The van der Waals surface area contributed by atoms with Gasteiger partial charge < -0.3 is 10.6 Å². The van der Waals surface area contributed by atoms with E-state index in [1.165, 1.54) is 0 Å². The van der Waals surface area contributed by atoms with Crippen LogP contribution in [0.4, 0.5) is 17.3 Å². The molecule has 0 aliphatic heterocycles. The summed E-state index contributed by atoms with van der Waals surface area (Å²) in [6.45, 7) is 6.78. The first-order chi connectivity index (χ1) is 9.51. The van der Waals surface area contributed by atoms with Crippen LogP contribution in [0.1, 0.15) is 18.3 Å². The molecule has 1 aromatic carbocycles. The van der Waals surface area contributed by atoms with E-state index in [-0.39, 0.29) is 0 Å². The first kappa shape index (κ1) is 15.3. The fourth-order valence-corrected chi connectivity index (χ4v) is 2.52. The normalized spacial score (nSPS) is 10.4. The molecular weight excluding hydrogens is 384 g/mol. The predicted molar refractivity (Wildman–Crippen MR) is 90.8 cm³/mol. The van der Waals surface area contributed by atoms with Crippen molar-refractivity contribution < 1.29 is 0 Å². The second-order valence-corrected chi connectivity index (χ2v) is 6.14. The van der Waals surface area contributed by atoms with Crippen LogP contribution in [0.25, 0.3) is 0 Å². The molecule has 0 unspecified atom stereocenters. The minimum Gasteiger partial charge on any atom is -0.370 e. The van der Waals surface area contributed by atoms with Crippen LogP contribution in [0.2, 0.25) is 0 Å². The van der Waals surface area contributed by atoms with Gasteiger partial charge in [-0.3, -0.25) is 0 Å². The maximum atomic E-state index is 4.48. The number of aryl methyl sites for hydroxylation is 1. The van der Waals surface area contributed by atoms with Crippen LogP contribution < -0.4 is 10.6 Å². The van der Waals surface area contributed by atoms with Gasteiger partial charge in [0.2, 0.25) is 0 Å². The third kappa shape index (κ3) is 3.49. The molecule has 0 saturated heterocycles. The Labute approximate surface area is 135 Å². The fraction of sp³-hybridized carbons (Fsp3) is 0.286. The third-order valence-corrected chi connectivity index (χ3v) is 3.97. The maximum Gasteiger partial charge on any atom is 0.139 e. The second kappa shape index (κ2) is 6.54. The van der Waals surface area contributed by atoms with Crippen molar-refractivity contribution >= 4 is 49.2 Å². The quantitative estimate of drug-likeness (QED) is 0.775. The predicted octanol–water partition coefficient (Wildman–Crippen LogP) is 4.79. The van der Waals surface area contributed by atoms with E-state index in [0.717, 1.165) is 44.2 Å². The van der Waals surface area contributed by atoms with Crippen LogP contribution in [-0.4, -0.2) is 16.5 Å². The van der Waals surface area contributed by atoms with Crippen molar-refractivity contribution in [3.63, 3.8) is 0 Å². The molecule has 0 bridgehead atoms. The Kier molecular flexibility index (Phi) is 4.99. The molecule has 0 radical (unpaired) electrons. The van der Waals surface area contributed by atoms with E-state index >= 15 is 0 Å². The van der Waals surface area contributed by atoms with Crippen molar-refractivity contribution in [3.05, 3.63) is 38.5 Å². The minimum atomic E-state index is 0.736. The molecular formula is C14H16Br2N4. The average molecular weight is 400 g/mol. The van der Waals surface area contributed by atoms with Gasteiger partial charge in [-0.05, 0) is 54.9 Å². The lowest BCUT2D eigenvalue weighted by Gasteiger charge is -2.14. The summed E-state index contributed by atoms with van der Waals surface area (Å²) in [4.78, 5) is 8.90. The van der Waals surface area contributed by atoms with Gasteiger partial charge in [0.05, 0.1) is 5.69 Å². The topological polar surface area (TPSA) is 49.8 Å². The largest absolute Gasteiger partial charge is 0.370 e. The summed E-state index contributed by atoms with van der Waals surface area (Å²) in [5.74, 6) is 2.42. The monoisotopic (exact) mass is 398 g/mol. The molecule has 0 spiro atoms. The van der Waals surface area contributed by atoms with E-state index < -0.39 is 0 Å². The Morgan fingerprint density at radius 1 is 1.10 bits per heavy atom. The van der Waals surface area contributed by atoms with E-state index in [1.54, 1.807) is 0 Å². The second-order valence-electron chi connectivity index (χ2n) is 4.37. The molecule has 0 saturated carbocycles. The molecule has 2 N–H and O–H groups in total. The van der Waals surface area contributed by atoms with E-state index in [2.05, 4.69) is 59.4 Å². The summed E-state index contributed by atoms with van der Waals surface area (Å²) in [6.07, 6.45) is 0. The lowest BCUT2D eigenvalue weighted by molar-refractivity contribution is 1.02. The number of hydrogen-bond acceptors (Lipinski definition) is 4. The zero-order valence-corrected chi connectivity index (χ0v) is 14.8. The third-order valence-electron chi connectivity index (χ3n) is 2.78. The number of nitrogens with zero attached hydrogens (tertiary/aromatic N) is 2. The van der Waals surface area contributed by atoms with Crippen molar-refractivity contribution in [2.75, 3.05) is 17.2 Å². The van der Waals surface area contributed by atoms with Gasteiger partial charge in [0, 0.05) is 21.1 Å². The number of hydrogen-bond donors (Lipinski definition) is 2. The zero-order valence-electron chi connectivity index (χ0n) is 11.6. The molecule has 106 valence electrons. The number of halogens is 2. The average Bonchev–Trinajstić information content (AvgIpc) is 2.39.